The Labute approximate surface area is 91.9 Å². The molecule has 4 nitrogen and oxygen atoms in total. The fraction of sp³-hybridized carbons (Fsp3) is 0.100. The Balaban J connectivity index is 2.49. The Morgan fingerprint density at radius 1 is 1.33 bits per heavy atom. The van der Waals surface area contributed by atoms with Crippen molar-refractivity contribution in [1.29, 1.82) is 0 Å². The topological polar surface area (TPSA) is 47.9 Å². The number of aromatic nitrogens is 3. The van der Waals surface area contributed by atoms with Gasteiger partial charge in [-0.3, -0.25) is 4.98 Å². The lowest BCUT2D eigenvalue weighted by atomic mass is 10.3. The molecule has 0 N–H and O–H groups in total. The van der Waals surface area contributed by atoms with E-state index in [2.05, 4.69) is 15.0 Å². The smallest absolute Gasteiger partial charge is 0.218 e. The van der Waals surface area contributed by atoms with E-state index in [1.807, 2.05) is 12.1 Å². The van der Waals surface area contributed by atoms with Crippen molar-refractivity contribution in [3.63, 3.8) is 0 Å². The Kier molecular flexibility index (Phi) is 2.78. The quantitative estimate of drug-likeness (QED) is 0.730. The predicted molar refractivity (Wildman–Crippen MR) is 56.8 cm³/mol. The summed E-state index contributed by atoms with van der Waals surface area (Å²) in [7, 11) is 1.53. The maximum atomic E-state index is 5.83. The number of nitrogens with zero attached hydrogens (tertiary/aromatic N) is 3. The molecule has 0 bridgehead atoms. The van der Waals surface area contributed by atoms with Crippen LogP contribution in [0.25, 0.3) is 11.4 Å². The molecule has 2 heterocycles. The molecule has 0 saturated heterocycles. The van der Waals surface area contributed by atoms with Gasteiger partial charge in [0.15, 0.2) is 5.82 Å². The van der Waals surface area contributed by atoms with Crippen LogP contribution in [0.1, 0.15) is 0 Å². The fourth-order valence-electron chi connectivity index (χ4n) is 1.13. The molecule has 0 aliphatic heterocycles. The summed E-state index contributed by atoms with van der Waals surface area (Å²) >= 11 is 5.83. The molecule has 0 spiro atoms. The van der Waals surface area contributed by atoms with Gasteiger partial charge in [-0.25, -0.2) is 4.98 Å². The Morgan fingerprint density at radius 2 is 2.20 bits per heavy atom. The summed E-state index contributed by atoms with van der Waals surface area (Å²) in [5, 5.41) is 0.348. The zero-order valence-electron chi connectivity index (χ0n) is 8.01. The van der Waals surface area contributed by atoms with Gasteiger partial charge in [0, 0.05) is 24.0 Å². The summed E-state index contributed by atoms with van der Waals surface area (Å²) < 4.78 is 5.00. The van der Waals surface area contributed by atoms with Crippen LogP contribution in [0.5, 0.6) is 5.88 Å². The van der Waals surface area contributed by atoms with Crippen molar-refractivity contribution < 1.29 is 4.74 Å². The third-order valence-electron chi connectivity index (χ3n) is 1.80. The van der Waals surface area contributed by atoms with Crippen LogP contribution >= 0.6 is 11.6 Å². The molecule has 2 aromatic rings. The van der Waals surface area contributed by atoms with Crippen molar-refractivity contribution in [2.45, 2.75) is 0 Å². The Bertz CT molecular complexity index is 461. The second kappa shape index (κ2) is 4.23. The normalized spacial score (nSPS) is 10.0. The molecule has 0 radical (unpaired) electrons. The van der Waals surface area contributed by atoms with Crippen molar-refractivity contribution in [1.82, 2.24) is 15.0 Å². The molecule has 0 saturated carbocycles. The monoisotopic (exact) mass is 221 g/mol. The molecule has 0 aliphatic carbocycles. The van der Waals surface area contributed by atoms with Gasteiger partial charge in [0.1, 0.15) is 5.15 Å². The second-order valence-electron chi connectivity index (χ2n) is 2.80. The number of hydrogen-bond donors (Lipinski definition) is 0. The molecule has 0 aromatic carbocycles. The summed E-state index contributed by atoms with van der Waals surface area (Å²) in [6.07, 6.45) is 3.36. The van der Waals surface area contributed by atoms with Gasteiger partial charge in [0.2, 0.25) is 5.88 Å². The molecule has 5 heteroatoms. The molecule has 2 aromatic heterocycles. The van der Waals surface area contributed by atoms with E-state index in [1.165, 1.54) is 7.11 Å². The minimum atomic E-state index is 0.348. The number of ether oxygens (including phenoxy) is 1. The predicted octanol–water partition coefficient (Wildman–Crippen LogP) is 2.20. The summed E-state index contributed by atoms with van der Waals surface area (Å²) in [6, 6.07) is 5.23. The first-order chi connectivity index (χ1) is 7.29. The zero-order valence-corrected chi connectivity index (χ0v) is 8.77. The van der Waals surface area contributed by atoms with E-state index in [0.717, 1.165) is 5.56 Å². The van der Waals surface area contributed by atoms with Gasteiger partial charge in [-0.1, -0.05) is 11.6 Å². The van der Waals surface area contributed by atoms with Crippen LogP contribution in [0.15, 0.2) is 30.6 Å². The first-order valence-corrected chi connectivity index (χ1v) is 4.66. The maximum absolute atomic E-state index is 5.83. The van der Waals surface area contributed by atoms with Gasteiger partial charge in [-0.05, 0) is 12.1 Å². The van der Waals surface area contributed by atoms with Crippen LogP contribution in [0.3, 0.4) is 0 Å². The van der Waals surface area contributed by atoms with Gasteiger partial charge in [0.05, 0.1) is 7.11 Å². The van der Waals surface area contributed by atoms with Crippen molar-refractivity contribution in [2.24, 2.45) is 0 Å². The second-order valence-corrected chi connectivity index (χ2v) is 3.19. The molecule has 0 aliphatic rings. The van der Waals surface area contributed by atoms with E-state index < -0.39 is 0 Å². The maximum Gasteiger partial charge on any atom is 0.218 e. The highest BCUT2D eigenvalue weighted by atomic mass is 35.5. The average Bonchev–Trinajstić information content (AvgIpc) is 2.29. The molecule has 0 amide bonds. The first-order valence-electron chi connectivity index (χ1n) is 4.28. The molecule has 2 rings (SSSR count). The average molecular weight is 222 g/mol. The van der Waals surface area contributed by atoms with Gasteiger partial charge in [0.25, 0.3) is 0 Å². The number of halogens is 1. The molecule has 15 heavy (non-hydrogen) atoms. The molecular formula is C10H8ClN3O. The van der Waals surface area contributed by atoms with Crippen LogP contribution in [0.2, 0.25) is 5.15 Å². The Hall–Kier alpha value is -1.68. The molecule has 76 valence electrons. The number of hydrogen-bond acceptors (Lipinski definition) is 4. The summed E-state index contributed by atoms with van der Waals surface area (Å²) in [5.74, 6) is 0.946. The lowest BCUT2D eigenvalue weighted by molar-refractivity contribution is 0.397. The van der Waals surface area contributed by atoms with Crippen LogP contribution < -0.4 is 4.74 Å². The lowest BCUT2D eigenvalue weighted by Crippen LogP contribution is -1.94. The van der Waals surface area contributed by atoms with Crippen molar-refractivity contribution in [2.75, 3.05) is 7.11 Å². The van der Waals surface area contributed by atoms with Crippen molar-refractivity contribution in [3.8, 4) is 17.3 Å². The lowest BCUT2D eigenvalue weighted by Gasteiger charge is -2.03. The number of methoxy groups -OCH3 is 1. The molecule has 0 atom stereocenters. The van der Waals surface area contributed by atoms with E-state index in [1.54, 1.807) is 18.5 Å². The largest absolute Gasteiger partial charge is 0.481 e. The third-order valence-corrected chi connectivity index (χ3v) is 1.99. The van der Waals surface area contributed by atoms with Crippen molar-refractivity contribution >= 4 is 11.6 Å². The SMILES string of the molecule is COc1cc(Cl)nc(-c2cccnc2)n1. The molecular weight excluding hydrogens is 214 g/mol. The summed E-state index contributed by atoms with van der Waals surface area (Å²) in [6.45, 7) is 0. The number of rotatable bonds is 2. The number of pyridine rings is 1. The van der Waals surface area contributed by atoms with E-state index in [9.17, 15) is 0 Å². The third kappa shape index (κ3) is 2.22. The summed E-state index contributed by atoms with van der Waals surface area (Å²) in [4.78, 5) is 12.2. The highest BCUT2D eigenvalue weighted by molar-refractivity contribution is 6.29. The van der Waals surface area contributed by atoms with E-state index in [0.29, 0.717) is 16.9 Å². The minimum Gasteiger partial charge on any atom is -0.481 e. The van der Waals surface area contributed by atoms with Crippen molar-refractivity contribution in [3.05, 3.63) is 35.7 Å². The summed E-state index contributed by atoms with van der Waals surface area (Å²) in [5.41, 5.74) is 0.804. The van der Waals surface area contributed by atoms with Crippen LogP contribution in [-0.2, 0) is 0 Å². The van der Waals surface area contributed by atoms with Crippen LogP contribution in [0.4, 0.5) is 0 Å². The van der Waals surface area contributed by atoms with E-state index >= 15 is 0 Å². The van der Waals surface area contributed by atoms with Gasteiger partial charge >= 0.3 is 0 Å². The van der Waals surface area contributed by atoms with Crippen LogP contribution in [0, 0.1) is 0 Å². The molecule has 0 unspecified atom stereocenters. The van der Waals surface area contributed by atoms with Gasteiger partial charge in [-0.15, -0.1) is 0 Å². The van der Waals surface area contributed by atoms with Gasteiger partial charge < -0.3 is 4.74 Å². The van der Waals surface area contributed by atoms with Gasteiger partial charge in [-0.2, -0.15) is 4.98 Å². The fourth-order valence-corrected chi connectivity index (χ4v) is 1.30. The molecule has 0 fully saturated rings. The minimum absolute atomic E-state index is 0.348. The Morgan fingerprint density at radius 3 is 2.87 bits per heavy atom. The standard InChI is InChI=1S/C10H8ClN3O/c1-15-9-5-8(11)13-10(14-9)7-3-2-4-12-6-7/h2-6H,1H3. The van der Waals surface area contributed by atoms with Crippen LogP contribution in [-0.4, -0.2) is 22.1 Å². The zero-order chi connectivity index (χ0) is 10.7. The highest BCUT2D eigenvalue weighted by Gasteiger charge is 2.05. The highest BCUT2D eigenvalue weighted by Crippen LogP contribution is 2.20. The van der Waals surface area contributed by atoms with E-state index in [4.69, 9.17) is 16.3 Å². The van der Waals surface area contributed by atoms with E-state index in [-0.39, 0.29) is 0 Å². The first kappa shape index (κ1) is 9.86.